The van der Waals surface area contributed by atoms with Gasteiger partial charge in [0, 0.05) is 27.7 Å². The number of aromatic nitrogens is 5. The van der Waals surface area contributed by atoms with Crippen molar-refractivity contribution < 1.29 is 4.74 Å². The highest BCUT2D eigenvalue weighted by Gasteiger charge is 2.43. The Balaban J connectivity index is 1.95. The van der Waals surface area contributed by atoms with Crippen LogP contribution < -0.4 is 21.0 Å². The topological polar surface area (TPSA) is 98.4 Å². The molecule has 3 aromatic rings. The minimum absolute atomic E-state index is 0.280. The minimum atomic E-state index is -0.714. The van der Waals surface area contributed by atoms with Crippen molar-refractivity contribution in [1.29, 1.82) is 0 Å². The van der Waals surface area contributed by atoms with E-state index in [0.29, 0.717) is 18.1 Å². The molecule has 2 aromatic heterocycles. The number of anilines is 3. The SMILES string of the molecule is COC1N(Cc2ccc(C)cc2)c2c(n(C)c(=O)n(C)c2=O)N1c1ncncn1. The number of aryl methyl sites for hydroxylation is 1. The molecule has 3 heterocycles. The maximum absolute atomic E-state index is 13.1. The maximum Gasteiger partial charge on any atom is 0.332 e. The van der Waals surface area contributed by atoms with Crippen LogP contribution in [0, 0.1) is 6.92 Å². The van der Waals surface area contributed by atoms with E-state index in [1.165, 1.54) is 31.4 Å². The predicted molar refractivity (Wildman–Crippen MR) is 107 cm³/mol. The Hall–Kier alpha value is -3.53. The molecule has 1 aliphatic heterocycles. The summed E-state index contributed by atoms with van der Waals surface area (Å²) in [6.07, 6.45) is 2.00. The molecular formula is C19H21N7O3. The standard InChI is InChI=1S/C19H21N7O3/c1-12-5-7-13(8-6-12)9-25-14-15(23(2)18(28)24(3)16(14)27)26(19(25)29-4)17-21-10-20-11-22-17/h5-8,10-11,19H,9H2,1-4H3. The van der Waals surface area contributed by atoms with Gasteiger partial charge in [0.2, 0.25) is 12.3 Å². The van der Waals surface area contributed by atoms with Gasteiger partial charge in [0.15, 0.2) is 5.82 Å². The van der Waals surface area contributed by atoms with E-state index < -0.39 is 17.6 Å². The first kappa shape index (κ1) is 18.8. The average Bonchev–Trinajstić information content (AvgIpc) is 3.07. The van der Waals surface area contributed by atoms with E-state index in [1.54, 1.807) is 11.9 Å². The van der Waals surface area contributed by atoms with Crippen molar-refractivity contribution in [3.05, 3.63) is 68.9 Å². The number of hydrogen-bond donors (Lipinski definition) is 0. The van der Waals surface area contributed by atoms with Crippen LogP contribution in [0.2, 0.25) is 0 Å². The summed E-state index contributed by atoms with van der Waals surface area (Å²) in [5, 5.41) is 0. The summed E-state index contributed by atoms with van der Waals surface area (Å²) < 4.78 is 8.24. The van der Waals surface area contributed by atoms with Crippen molar-refractivity contribution >= 4 is 17.5 Å². The summed E-state index contributed by atoms with van der Waals surface area (Å²) in [6.45, 7) is 2.42. The fraction of sp³-hybridized carbons (Fsp3) is 0.316. The lowest BCUT2D eigenvalue weighted by molar-refractivity contribution is 0.107. The second-order valence-electron chi connectivity index (χ2n) is 6.86. The third-order valence-electron chi connectivity index (χ3n) is 4.99. The fourth-order valence-corrected chi connectivity index (χ4v) is 3.53. The van der Waals surface area contributed by atoms with Crippen LogP contribution in [0.25, 0.3) is 0 Å². The molecule has 1 unspecified atom stereocenters. The van der Waals surface area contributed by atoms with E-state index in [9.17, 15) is 9.59 Å². The number of ether oxygens (including phenoxy) is 1. The second-order valence-corrected chi connectivity index (χ2v) is 6.86. The van der Waals surface area contributed by atoms with E-state index in [-0.39, 0.29) is 5.95 Å². The molecule has 0 amide bonds. The molecule has 10 nitrogen and oxygen atoms in total. The third-order valence-corrected chi connectivity index (χ3v) is 4.99. The van der Waals surface area contributed by atoms with Crippen LogP contribution in [0.15, 0.2) is 46.5 Å². The Kier molecular flexibility index (Phi) is 4.63. The lowest BCUT2D eigenvalue weighted by Gasteiger charge is -2.29. The Labute approximate surface area is 166 Å². The van der Waals surface area contributed by atoms with Gasteiger partial charge in [0.05, 0.1) is 0 Å². The molecule has 0 radical (unpaired) electrons. The number of fused-ring (bicyclic) bond motifs is 1. The molecule has 0 saturated heterocycles. The van der Waals surface area contributed by atoms with E-state index in [4.69, 9.17) is 4.74 Å². The van der Waals surface area contributed by atoms with Gasteiger partial charge >= 0.3 is 5.69 Å². The summed E-state index contributed by atoms with van der Waals surface area (Å²) in [7, 11) is 4.61. The van der Waals surface area contributed by atoms with Gasteiger partial charge in [-0.25, -0.2) is 24.6 Å². The molecule has 10 heteroatoms. The fourth-order valence-electron chi connectivity index (χ4n) is 3.53. The monoisotopic (exact) mass is 395 g/mol. The predicted octanol–water partition coefficient (Wildman–Crippen LogP) is 0.666. The third kappa shape index (κ3) is 2.97. The van der Waals surface area contributed by atoms with E-state index in [2.05, 4.69) is 15.0 Å². The quantitative estimate of drug-likeness (QED) is 0.636. The Morgan fingerprint density at radius 3 is 2.31 bits per heavy atom. The lowest BCUT2D eigenvalue weighted by atomic mass is 10.1. The van der Waals surface area contributed by atoms with Crippen molar-refractivity contribution in [3.63, 3.8) is 0 Å². The van der Waals surface area contributed by atoms with Gasteiger partial charge < -0.3 is 9.64 Å². The summed E-state index contributed by atoms with van der Waals surface area (Å²) in [5.41, 5.74) is 1.64. The molecule has 29 heavy (non-hydrogen) atoms. The minimum Gasteiger partial charge on any atom is -0.343 e. The van der Waals surface area contributed by atoms with Crippen LogP contribution >= 0.6 is 0 Å². The molecule has 0 aliphatic carbocycles. The Bertz CT molecular complexity index is 1160. The molecule has 1 atom stereocenters. The number of benzene rings is 1. The first-order valence-corrected chi connectivity index (χ1v) is 9.00. The van der Waals surface area contributed by atoms with Crippen molar-refractivity contribution in [2.75, 3.05) is 16.9 Å². The maximum atomic E-state index is 13.1. The summed E-state index contributed by atoms with van der Waals surface area (Å²) in [6, 6.07) is 8.02. The zero-order chi connectivity index (χ0) is 20.7. The number of methoxy groups -OCH3 is 1. The van der Waals surface area contributed by atoms with Gasteiger partial charge in [-0.15, -0.1) is 0 Å². The van der Waals surface area contributed by atoms with E-state index >= 15 is 0 Å². The summed E-state index contributed by atoms with van der Waals surface area (Å²) >= 11 is 0. The van der Waals surface area contributed by atoms with Crippen LogP contribution in [0.1, 0.15) is 11.1 Å². The Morgan fingerprint density at radius 1 is 1.03 bits per heavy atom. The van der Waals surface area contributed by atoms with Crippen molar-refractivity contribution in [2.24, 2.45) is 14.1 Å². The first-order valence-electron chi connectivity index (χ1n) is 9.00. The highest BCUT2D eigenvalue weighted by molar-refractivity contribution is 5.77. The molecule has 0 N–H and O–H groups in total. The van der Waals surface area contributed by atoms with Crippen molar-refractivity contribution in [1.82, 2.24) is 24.1 Å². The molecule has 150 valence electrons. The number of nitrogens with zero attached hydrogens (tertiary/aromatic N) is 7. The zero-order valence-electron chi connectivity index (χ0n) is 16.6. The molecule has 0 saturated carbocycles. The van der Waals surface area contributed by atoms with Crippen LogP contribution in [-0.2, 0) is 25.4 Å². The van der Waals surface area contributed by atoms with Crippen LogP contribution in [-0.4, -0.2) is 37.5 Å². The molecule has 1 aromatic carbocycles. The highest BCUT2D eigenvalue weighted by Crippen LogP contribution is 2.40. The van der Waals surface area contributed by atoms with Gasteiger partial charge in [-0.2, -0.15) is 0 Å². The van der Waals surface area contributed by atoms with Gasteiger partial charge in [-0.05, 0) is 12.5 Å². The smallest absolute Gasteiger partial charge is 0.332 e. The molecule has 4 rings (SSSR count). The van der Waals surface area contributed by atoms with E-state index in [1.807, 2.05) is 36.1 Å². The van der Waals surface area contributed by atoms with Crippen LogP contribution in [0.4, 0.5) is 17.5 Å². The lowest BCUT2D eigenvalue weighted by Crippen LogP contribution is -2.43. The van der Waals surface area contributed by atoms with Crippen LogP contribution in [0.5, 0.6) is 0 Å². The molecule has 0 spiro atoms. The van der Waals surface area contributed by atoms with Gasteiger partial charge in [0.1, 0.15) is 18.3 Å². The summed E-state index contributed by atoms with van der Waals surface area (Å²) in [5.74, 6) is 0.658. The average molecular weight is 395 g/mol. The van der Waals surface area contributed by atoms with Gasteiger partial charge in [0.25, 0.3) is 5.56 Å². The van der Waals surface area contributed by atoms with Crippen molar-refractivity contribution in [2.45, 2.75) is 19.8 Å². The van der Waals surface area contributed by atoms with Crippen LogP contribution in [0.3, 0.4) is 0 Å². The molecule has 0 bridgehead atoms. The zero-order valence-corrected chi connectivity index (χ0v) is 16.6. The van der Waals surface area contributed by atoms with Gasteiger partial charge in [-0.1, -0.05) is 29.8 Å². The summed E-state index contributed by atoms with van der Waals surface area (Å²) in [4.78, 5) is 41.4. The normalized spacial score (nSPS) is 15.7. The number of hydrogen-bond acceptors (Lipinski definition) is 8. The van der Waals surface area contributed by atoms with Crippen molar-refractivity contribution in [3.8, 4) is 0 Å². The first-order chi connectivity index (χ1) is 13.9. The van der Waals surface area contributed by atoms with Gasteiger partial charge in [-0.3, -0.25) is 13.9 Å². The molecule has 0 fully saturated rings. The Morgan fingerprint density at radius 2 is 1.69 bits per heavy atom. The molecular weight excluding hydrogens is 374 g/mol. The number of rotatable bonds is 4. The second kappa shape index (κ2) is 7.13. The van der Waals surface area contributed by atoms with E-state index in [0.717, 1.165) is 15.7 Å². The molecule has 1 aliphatic rings. The largest absolute Gasteiger partial charge is 0.343 e. The highest BCUT2D eigenvalue weighted by atomic mass is 16.5.